The van der Waals surface area contributed by atoms with Gasteiger partial charge in [0.1, 0.15) is 0 Å². The van der Waals surface area contributed by atoms with E-state index in [0.717, 1.165) is 0 Å². The first kappa shape index (κ1) is 9.40. The topological polar surface area (TPSA) is 37.3 Å². The maximum Gasteiger partial charge on any atom is 0.303 e. The lowest BCUT2D eigenvalue weighted by molar-refractivity contribution is -0.137. The molecule has 0 aliphatic carbocycles. The van der Waals surface area contributed by atoms with Crippen molar-refractivity contribution in [2.75, 3.05) is 6.67 Å². The number of hydrogen-bond acceptors (Lipinski definition) is 1. The molecule has 0 heterocycles. The van der Waals surface area contributed by atoms with Crippen molar-refractivity contribution >= 4 is 5.97 Å². The van der Waals surface area contributed by atoms with E-state index in [2.05, 4.69) is 0 Å². The van der Waals surface area contributed by atoms with Crippen LogP contribution in [0.3, 0.4) is 0 Å². The number of rotatable bonds is 5. The van der Waals surface area contributed by atoms with Crippen molar-refractivity contribution in [3.63, 3.8) is 0 Å². The van der Waals surface area contributed by atoms with E-state index in [1.807, 2.05) is 6.92 Å². The summed E-state index contributed by atoms with van der Waals surface area (Å²) >= 11 is 0. The molecule has 0 radical (unpaired) electrons. The molecule has 0 aromatic rings. The Morgan fingerprint density at radius 3 is 2.60 bits per heavy atom. The SMILES string of the molecule is C[C@@H](CCF)CCC(=O)O. The van der Waals surface area contributed by atoms with Crippen LogP contribution in [0.25, 0.3) is 0 Å². The summed E-state index contributed by atoms with van der Waals surface area (Å²) in [5.74, 6) is -0.605. The second-order valence-electron chi connectivity index (χ2n) is 2.52. The zero-order chi connectivity index (χ0) is 7.98. The van der Waals surface area contributed by atoms with Gasteiger partial charge in [-0.25, -0.2) is 0 Å². The van der Waals surface area contributed by atoms with Gasteiger partial charge in [-0.15, -0.1) is 0 Å². The molecule has 0 aliphatic rings. The fourth-order valence-electron chi connectivity index (χ4n) is 0.700. The van der Waals surface area contributed by atoms with Gasteiger partial charge in [0.05, 0.1) is 6.67 Å². The van der Waals surface area contributed by atoms with Crippen molar-refractivity contribution in [2.45, 2.75) is 26.2 Å². The van der Waals surface area contributed by atoms with Gasteiger partial charge in [-0.3, -0.25) is 9.18 Å². The molecule has 0 aromatic heterocycles. The maximum absolute atomic E-state index is 11.6. The van der Waals surface area contributed by atoms with Gasteiger partial charge in [0, 0.05) is 6.42 Å². The third-order valence-electron chi connectivity index (χ3n) is 1.45. The summed E-state index contributed by atoms with van der Waals surface area (Å²) in [7, 11) is 0. The normalized spacial score (nSPS) is 13.0. The highest BCUT2D eigenvalue weighted by molar-refractivity contribution is 5.66. The third-order valence-corrected chi connectivity index (χ3v) is 1.45. The Morgan fingerprint density at radius 2 is 2.20 bits per heavy atom. The van der Waals surface area contributed by atoms with Crippen LogP contribution in [-0.4, -0.2) is 17.8 Å². The molecule has 0 bridgehead atoms. The molecule has 0 unspecified atom stereocenters. The van der Waals surface area contributed by atoms with E-state index in [4.69, 9.17) is 5.11 Å². The van der Waals surface area contributed by atoms with E-state index in [1.54, 1.807) is 0 Å². The summed E-state index contributed by atoms with van der Waals surface area (Å²) in [5.41, 5.74) is 0. The number of halogens is 1. The molecule has 2 nitrogen and oxygen atoms in total. The number of aliphatic carboxylic acids is 1. The zero-order valence-corrected chi connectivity index (χ0v) is 6.14. The molecule has 1 atom stereocenters. The van der Waals surface area contributed by atoms with Gasteiger partial charge in [-0.2, -0.15) is 0 Å². The summed E-state index contributed by atoms with van der Waals surface area (Å²) in [6.45, 7) is 1.52. The minimum atomic E-state index is -0.800. The van der Waals surface area contributed by atoms with E-state index in [-0.39, 0.29) is 19.0 Å². The molecule has 10 heavy (non-hydrogen) atoms. The highest BCUT2D eigenvalue weighted by Gasteiger charge is 2.04. The Kier molecular flexibility index (Phi) is 4.89. The Bertz CT molecular complexity index is 104. The van der Waals surface area contributed by atoms with Gasteiger partial charge in [0.15, 0.2) is 0 Å². The van der Waals surface area contributed by atoms with Crippen LogP contribution >= 0.6 is 0 Å². The number of carbonyl (C=O) groups is 1. The van der Waals surface area contributed by atoms with Gasteiger partial charge in [0.2, 0.25) is 0 Å². The summed E-state index contributed by atoms with van der Waals surface area (Å²) in [6.07, 6.45) is 1.22. The number of carboxylic acid groups (broad SMARTS) is 1. The van der Waals surface area contributed by atoms with Crippen LogP contribution in [0.4, 0.5) is 4.39 Å². The first-order valence-electron chi connectivity index (χ1n) is 3.44. The van der Waals surface area contributed by atoms with Crippen molar-refractivity contribution in [3.8, 4) is 0 Å². The lowest BCUT2D eigenvalue weighted by Gasteiger charge is -2.04. The largest absolute Gasteiger partial charge is 0.481 e. The molecule has 0 amide bonds. The molecular formula is C7H13FO2. The van der Waals surface area contributed by atoms with E-state index in [1.165, 1.54) is 0 Å². The molecule has 0 aromatic carbocycles. The predicted molar refractivity (Wildman–Crippen MR) is 36.6 cm³/mol. The van der Waals surface area contributed by atoms with Crippen LogP contribution in [0.15, 0.2) is 0 Å². The van der Waals surface area contributed by atoms with Crippen LogP contribution in [-0.2, 0) is 4.79 Å². The van der Waals surface area contributed by atoms with Crippen LogP contribution in [0.5, 0.6) is 0 Å². The highest BCUT2D eigenvalue weighted by atomic mass is 19.1. The zero-order valence-electron chi connectivity index (χ0n) is 6.14. The lowest BCUT2D eigenvalue weighted by Crippen LogP contribution is -2.01. The molecule has 60 valence electrons. The van der Waals surface area contributed by atoms with Crippen LogP contribution < -0.4 is 0 Å². The predicted octanol–water partition coefficient (Wildman–Crippen LogP) is 1.85. The van der Waals surface area contributed by atoms with E-state index >= 15 is 0 Å². The molecule has 0 spiro atoms. The fourth-order valence-corrected chi connectivity index (χ4v) is 0.700. The number of alkyl halides is 1. The highest BCUT2D eigenvalue weighted by Crippen LogP contribution is 2.09. The van der Waals surface area contributed by atoms with Crippen LogP contribution in [0, 0.1) is 5.92 Å². The minimum absolute atomic E-state index is 0.154. The van der Waals surface area contributed by atoms with Gasteiger partial charge in [-0.05, 0) is 18.8 Å². The minimum Gasteiger partial charge on any atom is -0.481 e. The standard InChI is InChI=1S/C7H13FO2/c1-6(4-5-8)2-3-7(9)10/h6H,2-5H2,1H3,(H,9,10)/t6-/m1/s1. The Hall–Kier alpha value is -0.600. The average molecular weight is 148 g/mol. The van der Waals surface area contributed by atoms with E-state index in [9.17, 15) is 9.18 Å². The molecular weight excluding hydrogens is 135 g/mol. The molecule has 0 rings (SSSR count). The van der Waals surface area contributed by atoms with Gasteiger partial charge < -0.3 is 5.11 Å². The van der Waals surface area contributed by atoms with Crippen molar-refractivity contribution < 1.29 is 14.3 Å². The van der Waals surface area contributed by atoms with Crippen LogP contribution in [0.1, 0.15) is 26.2 Å². The molecule has 0 saturated carbocycles. The molecule has 3 heteroatoms. The smallest absolute Gasteiger partial charge is 0.303 e. The lowest BCUT2D eigenvalue weighted by atomic mass is 10.0. The van der Waals surface area contributed by atoms with Crippen molar-refractivity contribution in [1.82, 2.24) is 0 Å². The molecule has 0 fully saturated rings. The average Bonchev–Trinajstić information content (AvgIpc) is 1.85. The van der Waals surface area contributed by atoms with Gasteiger partial charge in [-0.1, -0.05) is 6.92 Å². The first-order valence-corrected chi connectivity index (χ1v) is 3.44. The Labute approximate surface area is 60.1 Å². The Balaban J connectivity index is 3.21. The van der Waals surface area contributed by atoms with E-state index in [0.29, 0.717) is 12.8 Å². The molecule has 0 aliphatic heterocycles. The van der Waals surface area contributed by atoms with Gasteiger partial charge in [0.25, 0.3) is 0 Å². The summed E-state index contributed by atoms with van der Waals surface area (Å²) < 4.78 is 11.6. The van der Waals surface area contributed by atoms with E-state index < -0.39 is 5.97 Å². The summed E-state index contributed by atoms with van der Waals surface area (Å²) in [4.78, 5) is 10.0. The third kappa shape index (κ3) is 5.54. The summed E-state index contributed by atoms with van der Waals surface area (Å²) in [6, 6.07) is 0. The van der Waals surface area contributed by atoms with Gasteiger partial charge >= 0.3 is 5.97 Å². The maximum atomic E-state index is 11.6. The van der Waals surface area contributed by atoms with Crippen molar-refractivity contribution in [3.05, 3.63) is 0 Å². The molecule has 0 saturated heterocycles. The first-order chi connectivity index (χ1) is 4.66. The fraction of sp³-hybridized carbons (Fsp3) is 0.857. The monoisotopic (exact) mass is 148 g/mol. The molecule has 1 N–H and O–H groups in total. The van der Waals surface area contributed by atoms with Crippen LogP contribution in [0.2, 0.25) is 0 Å². The second kappa shape index (κ2) is 5.21. The number of hydrogen-bond donors (Lipinski definition) is 1. The quantitative estimate of drug-likeness (QED) is 0.646. The summed E-state index contributed by atoms with van der Waals surface area (Å²) in [5, 5.41) is 8.24. The van der Waals surface area contributed by atoms with Crippen molar-refractivity contribution in [2.24, 2.45) is 5.92 Å². The van der Waals surface area contributed by atoms with Crippen molar-refractivity contribution in [1.29, 1.82) is 0 Å². The number of carboxylic acids is 1. The Morgan fingerprint density at radius 1 is 1.60 bits per heavy atom. The second-order valence-corrected chi connectivity index (χ2v) is 2.52.